The number of carbonyl (C=O) groups excluding carboxylic acids is 2. The zero-order chi connectivity index (χ0) is 23.9. The first-order chi connectivity index (χ1) is 16.6. The normalized spacial score (nSPS) is 14.6. The predicted molar refractivity (Wildman–Crippen MR) is 133 cm³/mol. The Morgan fingerprint density at radius 1 is 1.12 bits per heavy atom. The number of nitrogens with zero attached hydrogens (tertiary/aromatic N) is 1. The maximum atomic E-state index is 13.7. The number of amides is 2. The molecule has 2 aromatic carbocycles. The summed E-state index contributed by atoms with van der Waals surface area (Å²) in [6.45, 7) is 1.87. The quantitative estimate of drug-likeness (QED) is 0.504. The first-order valence-electron chi connectivity index (χ1n) is 11.8. The number of ether oxygens (including phenoxy) is 1. The lowest BCUT2D eigenvalue weighted by atomic mass is 9.95. The number of rotatable bonds is 7. The van der Waals surface area contributed by atoms with E-state index in [1.165, 1.54) is 6.42 Å². The Morgan fingerprint density at radius 2 is 1.85 bits per heavy atom. The topological polar surface area (TPSA) is 74.4 Å². The summed E-state index contributed by atoms with van der Waals surface area (Å²) in [5, 5.41) is 4.21. The van der Waals surface area contributed by atoms with E-state index in [1.807, 2.05) is 54.6 Å². The van der Waals surface area contributed by atoms with Gasteiger partial charge >= 0.3 is 0 Å². The highest BCUT2D eigenvalue weighted by Gasteiger charge is 2.33. The van der Waals surface area contributed by atoms with E-state index in [2.05, 4.69) is 22.1 Å². The molecule has 1 saturated carbocycles. The van der Waals surface area contributed by atoms with Crippen LogP contribution in [0.25, 0.3) is 10.9 Å². The van der Waals surface area contributed by atoms with Crippen LogP contribution in [0.3, 0.4) is 0 Å². The predicted octanol–water partition coefficient (Wildman–Crippen LogP) is 4.72. The van der Waals surface area contributed by atoms with E-state index >= 15 is 0 Å². The van der Waals surface area contributed by atoms with Crippen LogP contribution in [0.1, 0.15) is 56.3 Å². The molecule has 6 nitrogen and oxygen atoms in total. The van der Waals surface area contributed by atoms with Crippen LogP contribution in [0.4, 0.5) is 0 Å². The number of aromatic nitrogens is 1. The summed E-state index contributed by atoms with van der Waals surface area (Å²) in [4.78, 5) is 31.9. The van der Waals surface area contributed by atoms with E-state index in [0.29, 0.717) is 5.69 Å². The smallest absolute Gasteiger partial charge is 0.299 e. The van der Waals surface area contributed by atoms with Crippen molar-refractivity contribution in [3.05, 3.63) is 65.9 Å². The molecule has 3 aromatic rings. The van der Waals surface area contributed by atoms with Gasteiger partial charge in [-0.05, 0) is 60.9 Å². The number of hydrogen-bond acceptors (Lipinski definition) is 3. The number of hydrogen-bond donors (Lipinski definition) is 2. The SMILES string of the molecule is CC#CC(=O)N(Cc1ccc(OC)cc1)C(C(=O)NC1CCCCC1)c1cc2ccccc2[nH]1. The van der Waals surface area contributed by atoms with Gasteiger partial charge in [0, 0.05) is 23.8 Å². The van der Waals surface area contributed by atoms with Crippen LogP contribution in [0.15, 0.2) is 54.6 Å². The first-order valence-corrected chi connectivity index (χ1v) is 11.8. The number of carbonyl (C=O) groups is 2. The average Bonchev–Trinajstić information content (AvgIpc) is 3.28. The van der Waals surface area contributed by atoms with Gasteiger partial charge in [-0.3, -0.25) is 9.59 Å². The number of H-pyrrole nitrogens is 1. The van der Waals surface area contributed by atoms with Gasteiger partial charge in [-0.2, -0.15) is 0 Å². The molecule has 1 unspecified atom stereocenters. The van der Waals surface area contributed by atoms with Gasteiger partial charge in [0.15, 0.2) is 6.04 Å². The summed E-state index contributed by atoms with van der Waals surface area (Å²) in [6.07, 6.45) is 5.35. The highest BCUT2D eigenvalue weighted by atomic mass is 16.5. The van der Waals surface area contributed by atoms with Crippen molar-refractivity contribution in [1.29, 1.82) is 0 Å². The molecule has 1 fully saturated rings. The van der Waals surface area contributed by atoms with E-state index in [1.54, 1.807) is 18.9 Å². The minimum atomic E-state index is -0.829. The Bertz CT molecular complexity index is 1160. The molecule has 1 heterocycles. The molecular weight excluding hydrogens is 426 g/mol. The molecule has 0 aliphatic heterocycles. The molecule has 2 amide bonds. The fraction of sp³-hybridized carbons (Fsp3) is 0.357. The number of nitrogens with one attached hydrogen (secondary N) is 2. The van der Waals surface area contributed by atoms with E-state index in [0.717, 1.165) is 47.9 Å². The van der Waals surface area contributed by atoms with Crippen molar-refractivity contribution < 1.29 is 14.3 Å². The highest BCUT2D eigenvalue weighted by Crippen LogP contribution is 2.28. The number of aromatic amines is 1. The Hall–Kier alpha value is -3.72. The van der Waals surface area contributed by atoms with Crippen molar-refractivity contribution in [2.45, 2.75) is 57.7 Å². The number of benzene rings is 2. The Kier molecular flexibility index (Phi) is 7.54. The van der Waals surface area contributed by atoms with Crippen molar-refractivity contribution in [3.63, 3.8) is 0 Å². The minimum absolute atomic E-state index is 0.128. The highest BCUT2D eigenvalue weighted by molar-refractivity contribution is 5.98. The maximum absolute atomic E-state index is 13.7. The molecule has 4 rings (SSSR count). The van der Waals surface area contributed by atoms with Crippen molar-refractivity contribution in [1.82, 2.24) is 15.2 Å². The van der Waals surface area contributed by atoms with Gasteiger partial charge in [0.25, 0.3) is 5.91 Å². The molecule has 1 atom stereocenters. The number of methoxy groups -OCH3 is 1. The van der Waals surface area contributed by atoms with Gasteiger partial charge in [0.05, 0.1) is 7.11 Å². The summed E-state index contributed by atoms with van der Waals surface area (Å²) in [6, 6.07) is 16.6. The third-order valence-corrected chi connectivity index (χ3v) is 6.36. The minimum Gasteiger partial charge on any atom is -0.497 e. The summed E-state index contributed by atoms with van der Waals surface area (Å²) >= 11 is 0. The van der Waals surface area contributed by atoms with Crippen LogP contribution in [-0.2, 0) is 16.1 Å². The van der Waals surface area contributed by atoms with Crippen LogP contribution in [0, 0.1) is 11.8 Å². The molecular formula is C28H31N3O3. The van der Waals surface area contributed by atoms with Crippen molar-refractivity contribution in [2.75, 3.05) is 7.11 Å². The largest absolute Gasteiger partial charge is 0.497 e. The molecule has 2 N–H and O–H groups in total. The molecule has 1 aliphatic rings. The Labute approximate surface area is 200 Å². The lowest BCUT2D eigenvalue weighted by Gasteiger charge is -2.31. The standard InChI is InChI=1S/C28H31N3O3/c1-3-9-26(32)31(19-20-14-16-23(34-2)17-15-20)27(28(33)29-22-11-5-4-6-12-22)25-18-21-10-7-8-13-24(21)30-25/h7-8,10,13-18,22,27,30H,4-6,11-12,19H2,1-2H3,(H,29,33). The monoisotopic (exact) mass is 457 g/mol. The summed E-state index contributed by atoms with van der Waals surface area (Å²) < 4.78 is 5.26. The van der Waals surface area contributed by atoms with Crippen LogP contribution < -0.4 is 10.1 Å². The molecule has 0 radical (unpaired) electrons. The molecule has 1 aromatic heterocycles. The van der Waals surface area contributed by atoms with E-state index < -0.39 is 6.04 Å². The van der Waals surface area contributed by atoms with Crippen LogP contribution in [-0.4, -0.2) is 34.8 Å². The molecule has 0 spiro atoms. The second kappa shape index (κ2) is 10.9. The number of para-hydroxylation sites is 1. The third-order valence-electron chi connectivity index (χ3n) is 6.36. The van der Waals surface area contributed by atoms with Gasteiger partial charge in [0.1, 0.15) is 5.75 Å². The molecule has 176 valence electrons. The van der Waals surface area contributed by atoms with Gasteiger partial charge in [-0.1, -0.05) is 55.5 Å². The van der Waals surface area contributed by atoms with Crippen LogP contribution >= 0.6 is 0 Å². The summed E-state index contributed by atoms with van der Waals surface area (Å²) in [5.74, 6) is 5.51. The van der Waals surface area contributed by atoms with Gasteiger partial charge in [0.2, 0.25) is 5.91 Å². The molecule has 1 aliphatic carbocycles. The van der Waals surface area contributed by atoms with E-state index in [4.69, 9.17) is 4.74 Å². The zero-order valence-corrected chi connectivity index (χ0v) is 19.8. The molecule has 6 heteroatoms. The average molecular weight is 458 g/mol. The fourth-order valence-corrected chi connectivity index (χ4v) is 4.61. The zero-order valence-electron chi connectivity index (χ0n) is 19.8. The molecule has 0 saturated heterocycles. The van der Waals surface area contributed by atoms with Crippen molar-refractivity contribution >= 4 is 22.7 Å². The number of fused-ring (bicyclic) bond motifs is 1. The third kappa shape index (κ3) is 5.43. The van der Waals surface area contributed by atoms with Gasteiger partial charge in [-0.15, -0.1) is 0 Å². The second-order valence-electron chi connectivity index (χ2n) is 8.71. The summed E-state index contributed by atoms with van der Waals surface area (Å²) in [7, 11) is 1.61. The van der Waals surface area contributed by atoms with Crippen LogP contribution in [0.5, 0.6) is 5.75 Å². The maximum Gasteiger partial charge on any atom is 0.299 e. The first kappa shape index (κ1) is 23.4. The van der Waals surface area contributed by atoms with Crippen molar-refractivity contribution in [2.24, 2.45) is 0 Å². The van der Waals surface area contributed by atoms with Crippen molar-refractivity contribution in [3.8, 4) is 17.6 Å². The van der Waals surface area contributed by atoms with Gasteiger partial charge in [-0.25, -0.2) is 0 Å². The fourth-order valence-electron chi connectivity index (χ4n) is 4.61. The lowest BCUT2D eigenvalue weighted by molar-refractivity contribution is -0.138. The second-order valence-corrected chi connectivity index (χ2v) is 8.71. The van der Waals surface area contributed by atoms with E-state index in [-0.39, 0.29) is 24.4 Å². The van der Waals surface area contributed by atoms with Gasteiger partial charge < -0.3 is 19.9 Å². The summed E-state index contributed by atoms with van der Waals surface area (Å²) in [5.41, 5.74) is 2.49. The van der Waals surface area contributed by atoms with E-state index in [9.17, 15) is 9.59 Å². The molecule has 34 heavy (non-hydrogen) atoms. The Morgan fingerprint density at radius 3 is 2.53 bits per heavy atom. The van der Waals surface area contributed by atoms with Crippen LogP contribution in [0.2, 0.25) is 0 Å². The Balaban J connectivity index is 1.72. The molecule has 0 bridgehead atoms. The lowest BCUT2D eigenvalue weighted by Crippen LogP contribution is -2.46.